The first-order chi connectivity index (χ1) is 11.7. The van der Waals surface area contributed by atoms with Crippen molar-refractivity contribution in [2.45, 2.75) is 61.6 Å². The number of H-pyrrole nitrogens is 1. The number of hydrogen-bond donors (Lipinski definition) is 2. The minimum atomic E-state index is -0.0968. The highest BCUT2D eigenvalue weighted by Gasteiger charge is 2.21. The number of fused-ring (bicyclic) bond motifs is 3. The van der Waals surface area contributed by atoms with Crippen LogP contribution in [0.3, 0.4) is 0 Å². The number of hydrogen-bond acceptors (Lipinski definition) is 5. The summed E-state index contributed by atoms with van der Waals surface area (Å²) in [6, 6.07) is 0.284. The normalized spacial score (nSPS) is 18.5. The Balaban J connectivity index is 1.54. The standard InChI is InChI=1S/C17H21N3O2S2/c21-13(18-10-5-2-1-3-6-10)9-12-19-15(22)14-11-7-4-8-23-17(11)24-16(14)20-12/h10H,1-9H2,(H,18,21)(H,19,20,22). The van der Waals surface area contributed by atoms with Gasteiger partial charge in [-0.25, -0.2) is 4.98 Å². The second kappa shape index (κ2) is 6.88. The summed E-state index contributed by atoms with van der Waals surface area (Å²) in [6.07, 6.45) is 7.96. The Hall–Kier alpha value is -1.34. The molecule has 128 valence electrons. The fraction of sp³-hybridized carbons (Fsp3) is 0.588. The van der Waals surface area contributed by atoms with Crippen LogP contribution >= 0.6 is 23.1 Å². The van der Waals surface area contributed by atoms with Gasteiger partial charge in [0.15, 0.2) is 0 Å². The van der Waals surface area contributed by atoms with Gasteiger partial charge in [0.05, 0.1) is 16.0 Å². The number of aryl methyl sites for hydroxylation is 1. The van der Waals surface area contributed by atoms with Crippen molar-refractivity contribution in [2.75, 3.05) is 5.75 Å². The third-order valence-corrected chi connectivity index (χ3v) is 7.30. The van der Waals surface area contributed by atoms with E-state index in [0.29, 0.717) is 5.82 Å². The molecule has 2 N–H and O–H groups in total. The Morgan fingerprint density at radius 3 is 2.92 bits per heavy atom. The second-order valence-corrected chi connectivity index (χ2v) is 8.95. The number of thioether (sulfide) groups is 1. The van der Waals surface area contributed by atoms with Crippen molar-refractivity contribution in [3.63, 3.8) is 0 Å². The lowest BCUT2D eigenvalue weighted by molar-refractivity contribution is -0.121. The lowest BCUT2D eigenvalue weighted by Gasteiger charge is -2.22. The monoisotopic (exact) mass is 363 g/mol. The first-order valence-corrected chi connectivity index (χ1v) is 10.5. The highest BCUT2D eigenvalue weighted by Crippen LogP contribution is 2.39. The average Bonchev–Trinajstić information content (AvgIpc) is 2.94. The average molecular weight is 364 g/mol. The fourth-order valence-corrected chi connectivity index (χ4v) is 6.16. The second-order valence-electron chi connectivity index (χ2n) is 6.59. The van der Waals surface area contributed by atoms with Crippen molar-refractivity contribution in [1.82, 2.24) is 15.3 Å². The summed E-state index contributed by atoms with van der Waals surface area (Å²) in [4.78, 5) is 32.9. The molecule has 7 heteroatoms. The minimum Gasteiger partial charge on any atom is -0.353 e. The third-order valence-electron chi connectivity index (χ3n) is 4.78. The van der Waals surface area contributed by atoms with Crippen LogP contribution in [0.25, 0.3) is 10.2 Å². The highest BCUT2D eigenvalue weighted by molar-refractivity contribution is 8.01. The maximum absolute atomic E-state index is 12.5. The van der Waals surface area contributed by atoms with Gasteiger partial charge in [-0.2, -0.15) is 0 Å². The molecule has 4 rings (SSSR count). The van der Waals surface area contributed by atoms with Crippen LogP contribution in [0.1, 0.15) is 49.9 Å². The molecule has 2 aliphatic rings. The van der Waals surface area contributed by atoms with E-state index in [2.05, 4.69) is 15.3 Å². The molecule has 0 bridgehead atoms. The van der Waals surface area contributed by atoms with Crippen LogP contribution in [-0.4, -0.2) is 27.7 Å². The first kappa shape index (κ1) is 16.1. The minimum absolute atomic E-state index is 0.0416. The quantitative estimate of drug-likeness (QED) is 0.879. The van der Waals surface area contributed by atoms with Gasteiger partial charge >= 0.3 is 0 Å². The van der Waals surface area contributed by atoms with E-state index >= 15 is 0 Å². The Kier molecular flexibility index (Phi) is 4.63. The molecular weight excluding hydrogens is 342 g/mol. The summed E-state index contributed by atoms with van der Waals surface area (Å²) in [7, 11) is 0. The van der Waals surface area contributed by atoms with Crippen LogP contribution in [0, 0.1) is 0 Å². The number of aromatic amines is 1. The van der Waals surface area contributed by atoms with Gasteiger partial charge in [0.25, 0.3) is 5.56 Å². The molecule has 1 aliphatic heterocycles. The lowest BCUT2D eigenvalue weighted by atomic mass is 9.95. The van der Waals surface area contributed by atoms with E-state index in [4.69, 9.17) is 0 Å². The molecule has 1 fully saturated rings. The van der Waals surface area contributed by atoms with Crippen molar-refractivity contribution in [1.29, 1.82) is 0 Å². The molecule has 0 saturated heterocycles. The van der Waals surface area contributed by atoms with E-state index in [0.717, 1.165) is 47.2 Å². The van der Waals surface area contributed by atoms with E-state index in [1.807, 2.05) is 11.8 Å². The smallest absolute Gasteiger partial charge is 0.259 e. The molecule has 5 nitrogen and oxygen atoms in total. The lowest BCUT2D eigenvalue weighted by Crippen LogP contribution is -2.37. The van der Waals surface area contributed by atoms with E-state index < -0.39 is 0 Å². The maximum Gasteiger partial charge on any atom is 0.259 e. The molecule has 3 heterocycles. The third kappa shape index (κ3) is 3.24. The van der Waals surface area contributed by atoms with Gasteiger partial charge in [-0.05, 0) is 37.0 Å². The van der Waals surface area contributed by atoms with Crippen molar-refractivity contribution in [3.05, 3.63) is 21.7 Å². The summed E-state index contributed by atoms with van der Waals surface area (Å²) < 4.78 is 1.22. The molecule has 0 aromatic carbocycles. The highest BCUT2D eigenvalue weighted by atomic mass is 32.2. The van der Waals surface area contributed by atoms with Crippen molar-refractivity contribution >= 4 is 39.2 Å². The first-order valence-electron chi connectivity index (χ1n) is 8.67. The van der Waals surface area contributed by atoms with Gasteiger partial charge < -0.3 is 10.3 Å². The molecule has 1 saturated carbocycles. The topological polar surface area (TPSA) is 74.8 Å². The van der Waals surface area contributed by atoms with Crippen LogP contribution < -0.4 is 10.9 Å². The number of carbonyl (C=O) groups excluding carboxylic acids is 1. The van der Waals surface area contributed by atoms with E-state index in [1.54, 1.807) is 11.3 Å². The molecule has 24 heavy (non-hydrogen) atoms. The van der Waals surface area contributed by atoms with Crippen molar-refractivity contribution in [3.8, 4) is 0 Å². The molecule has 1 amide bonds. The number of thiophene rings is 1. The number of rotatable bonds is 3. The molecule has 0 atom stereocenters. The molecular formula is C17H21N3O2S2. The summed E-state index contributed by atoms with van der Waals surface area (Å²) in [6.45, 7) is 0. The zero-order valence-electron chi connectivity index (χ0n) is 13.5. The largest absolute Gasteiger partial charge is 0.353 e. The summed E-state index contributed by atoms with van der Waals surface area (Å²) in [5.74, 6) is 1.54. The zero-order chi connectivity index (χ0) is 16.5. The van der Waals surface area contributed by atoms with Crippen LogP contribution in [0.2, 0.25) is 0 Å². The van der Waals surface area contributed by atoms with Gasteiger partial charge in [-0.1, -0.05) is 19.3 Å². The number of nitrogens with zero attached hydrogens (tertiary/aromatic N) is 1. The summed E-state index contributed by atoms with van der Waals surface area (Å²) in [5, 5.41) is 3.82. The van der Waals surface area contributed by atoms with Crippen molar-refractivity contribution < 1.29 is 4.79 Å². The molecule has 1 aliphatic carbocycles. The van der Waals surface area contributed by atoms with E-state index in [9.17, 15) is 9.59 Å². The van der Waals surface area contributed by atoms with Gasteiger partial charge in [0.1, 0.15) is 10.7 Å². The van der Waals surface area contributed by atoms with Crippen LogP contribution in [0.15, 0.2) is 9.00 Å². The van der Waals surface area contributed by atoms with Crippen molar-refractivity contribution in [2.24, 2.45) is 0 Å². The molecule has 0 unspecified atom stereocenters. The summed E-state index contributed by atoms with van der Waals surface area (Å²) in [5.41, 5.74) is 1.05. The van der Waals surface area contributed by atoms with Gasteiger partial charge in [-0.3, -0.25) is 9.59 Å². The van der Waals surface area contributed by atoms with E-state index in [1.165, 1.54) is 23.5 Å². The maximum atomic E-state index is 12.5. The predicted octanol–water partition coefficient (Wildman–Crippen LogP) is 3.01. The SMILES string of the molecule is O=C(Cc1nc2sc3c(c2c(=O)[nH]1)CCCS3)NC1CCCCC1. The fourth-order valence-electron chi connectivity index (χ4n) is 3.61. The van der Waals surface area contributed by atoms with Crippen LogP contribution in [0.4, 0.5) is 0 Å². The van der Waals surface area contributed by atoms with Gasteiger partial charge in [0, 0.05) is 6.04 Å². The molecule has 0 spiro atoms. The van der Waals surface area contributed by atoms with Crippen LogP contribution in [0.5, 0.6) is 0 Å². The van der Waals surface area contributed by atoms with Gasteiger partial charge in [-0.15, -0.1) is 23.1 Å². The zero-order valence-corrected chi connectivity index (χ0v) is 15.2. The molecule has 2 aromatic rings. The molecule has 0 radical (unpaired) electrons. The Labute approximate surface area is 148 Å². The Bertz CT molecular complexity index is 821. The number of amides is 1. The predicted molar refractivity (Wildman–Crippen MR) is 98.0 cm³/mol. The number of nitrogens with one attached hydrogen (secondary N) is 2. The summed E-state index contributed by atoms with van der Waals surface area (Å²) >= 11 is 3.40. The Morgan fingerprint density at radius 1 is 1.25 bits per heavy atom. The van der Waals surface area contributed by atoms with E-state index in [-0.39, 0.29) is 23.9 Å². The number of aromatic nitrogens is 2. The van der Waals surface area contributed by atoms with Crippen LogP contribution in [-0.2, 0) is 17.6 Å². The van der Waals surface area contributed by atoms with Gasteiger partial charge in [0.2, 0.25) is 5.91 Å². The Morgan fingerprint density at radius 2 is 2.08 bits per heavy atom. The number of carbonyl (C=O) groups is 1. The molecule has 2 aromatic heterocycles.